The van der Waals surface area contributed by atoms with Crippen molar-refractivity contribution in [3.05, 3.63) is 40.3 Å². The van der Waals surface area contributed by atoms with Gasteiger partial charge in [0.25, 0.3) is 0 Å². The number of hydrogen-bond acceptors (Lipinski definition) is 3. The molecule has 0 aliphatic carbocycles. The zero-order valence-corrected chi connectivity index (χ0v) is 8.38. The molecule has 0 radical (unpaired) electrons. The van der Waals surface area contributed by atoms with E-state index < -0.39 is 5.97 Å². The summed E-state index contributed by atoms with van der Waals surface area (Å²) in [7, 11) is 1.55. The molecule has 0 aliphatic heterocycles. The standard InChI is InChI=1S/C10H12N2O3/c1-12(11-15)7-6-8-4-2-3-5-9(8)10(13)14/h2-5H,6-7H2,1H3,(H,13,14). The second-order valence-electron chi connectivity index (χ2n) is 3.18. The summed E-state index contributed by atoms with van der Waals surface area (Å²) in [5, 5.41) is 12.8. The van der Waals surface area contributed by atoms with E-state index in [1.165, 1.54) is 5.01 Å². The van der Waals surface area contributed by atoms with E-state index in [-0.39, 0.29) is 5.56 Å². The van der Waals surface area contributed by atoms with E-state index in [1.54, 1.807) is 31.3 Å². The van der Waals surface area contributed by atoms with Gasteiger partial charge in [-0.15, -0.1) is 4.91 Å². The fourth-order valence-corrected chi connectivity index (χ4v) is 1.27. The molecule has 0 saturated carbocycles. The Kier molecular flexibility index (Phi) is 3.79. The SMILES string of the molecule is CN(CCc1ccccc1C(=O)O)N=O. The lowest BCUT2D eigenvalue weighted by atomic mass is 10.0. The molecule has 0 bridgehead atoms. The lowest BCUT2D eigenvalue weighted by Gasteiger charge is -2.09. The monoisotopic (exact) mass is 208 g/mol. The fourth-order valence-electron chi connectivity index (χ4n) is 1.27. The van der Waals surface area contributed by atoms with Gasteiger partial charge in [0.2, 0.25) is 0 Å². The van der Waals surface area contributed by atoms with E-state index in [9.17, 15) is 9.70 Å². The number of rotatable bonds is 5. The quantitative estimate of drug-likeness (QED) is 0.588. The first-order chi connectivity index (χ1) is 7.15. The number of benzene rings is 1. The fraction of sp³-hybridized carbons (Fsp3) is 0.300. The van der Waals surface area contributed by atoms with Gasteiger partial charge in [-0.2, -0.15) is 0 Å². The van der Waals surface area contributed by atoms with Gasteiger partial charge >= 0.3 is 5.97 Å². The second-order valence-corrected chi connectivity index (χ2v) is 3.18. The number of hydrogen-bond donors (Lipinski definition) is 1. The van der Waals surface area contributed by atoms with Gasteiger partial charge in [-0.3, -0.25) is 5.01 Å². The lowest BCUT2D eigenvalue weighted by Crippen LogP contribution is -2.15. The van der Waals surface area contributed by atoms with Crippen LogP contribution < -0.4 is 0 Å². The molecule has 1 aromatic rings. The van der Waals surface area contributed by atoms with Crippen LogP contribution in [0.3, 0.4) is 0 Å². The highest BCUT2D eigenvalue weighted by molar-refractivity contribution is 5.89. The van der Waals surface area contributed by atoms with Gasteiger partial charge in [0, 0.05) is 13.6 Å². The van der Waals surface area contributed by atoms with Gasteiger partial charge in [-0.05, 0) is 18.1 Å². The Morgan fingerprint density at radius 2 is 2.13 bits per heavy atom. The molecule has 0 heterocycles. The first kappa shape index (κ1) is 11.2. The number of likely N-dealkylation sites (N-methyl/N-ethyl adjacent to an activating group) is 1. The molecule has 0 amide bonds. The topological polar surface area (TPSA) is 70.0 Å². The van der Waals surface area contributed by atoms with Crippen LogP contribution in [0.1, 0.15) is 15.9 Å². The summed E-state index contributed by atoms with van der Waals surface area (Å²) in [5.74, 6) is -0.952. The lowest BCUT2D eigenvalue weighted by molar-refractivity contribution is 0.0695. The van der Waals surface area contributed by atoms with Gasteiger partial charge in [0.1, 0.15) is 0 Å². The largest absolute Gasteiger partial charge is 0.478 e. The number of carboxylic acid groups (broad SMARTS) is 1. The van der Waals surface area contributed by atoms with Crippen LogP contribution in [0.25, 0.3) is 0 Å². The summed E-state index contributed by atoms with van der Waals surface area (Å²) >= 11 is 0. The van der Waals surface area contributed by atoms with Gasteiger partial charge in [0.15, 0.2) is 0 Å². The summed E-state index contributed by atoms with van der Waals surface area (Å²) < 4.78 is 0. The molecule has 0 aromatic heterocycles. The van der Waals surface area contributed by atoms with Crippen LogP contribution in [0.4, 0.5) is 0 Å². The van der Waals surface area contributed by atoms with Gasteiger partial charge in [-0.1, -0.05) is 18.2 Å². The average molecular weight is 208 g/mol. The Labute approximate surface area is 87.3 Å². The number of carbonyl (C=O) groups is 1. The van der Waals surface area contributed by atoms with Crippen molar-refractivity contribution < 1.29 is 9.90 Å². The van der Waals surface area contributed by atoms with E-state index in [2.05, 4.69) is 5.29 Å². The minimum absolute atomic E-state index is 0.275. The van der Waals surface area contributed by atoms with Crippen LogP contribution in [-0.4, -0.2) is 29.7 Å². The van der Waals surface area contributed by atoms with Crippen molar-refractivity contribution in [3.63, 3.8) is 0 Å². The summed E-state index contributed by atoms with van der Waals surface area (Å²) in [6.07, 6.45) is 0.491. The maximum absolute atomic E-state index is 10.8. The summed E-state index contributed by atoms with van der Waals surface area (Å²) in [4.78, 5) is 20.9. The molecule has 1 rings (SSSR count). The summed E-state index contributed by atoms with van der Waals surface area (Å²) in [5.41, 5.74) is 0.984. The molecule has 1 aromatic carbocycles. The number of carboxylic acids is 1. The number of nitroso groups, excluding NO2 is 1. The Morgan fingerprint density at radius 1 is 1.47 bits per heavy atom. The highest BCUT2D eigenvalue weighted by Gasteiger charge is 2.08. The predicted molar refractivity (Wildman–Crippen MR) is 55.5 cm³/mol. The van der Waals surface area contributed by atoms with Crippen LogP contribution in [0.5, 0.6) is 0 Å². The van der Waals surface area contributed by atoms with E-state index >= 15 is 0 Å². The maximum atomic E-state index is 10.8. The summed E-state index contributed by atoms with van der Waals surface area (Å²) in [6, 6.07) is 6.73. The van der Waals surface area contributed by atoms with Crippen LogP contribution >= 0.6 is 0 Å². The molecule has 5 nitrogen and oxygen atoms in total. The molecule has 0 saturated heterocycles. The molecular weight excluding hydrogens is 196 g/mol. The van der Waals surface area contributed by atoms with Crippen molar-refractivity contribution in [2.24, 2.45) is 5.29 Å². The molecule has 15 heavy (non-hydrogen) atoms. The average Bonchev–Trinajstić information content (AvgIpc) is 2.26. The minimum atomic E-state index is -0.952. The van der Waals surface area contributed by atoms with E-state index in [4.69, 9.17) is 5.11 Å². The zero-order chi connectivity index (χ0) is 11.3. The third-order valence-corrected chi connectivity index (χ3v) is 2.09. The van der Waals surface area contributed by atoms with Crippen LogP contribution in [0.15, 0.2) is 29.6 Å². The Morgan fingerprint density at radius 3 is 2.73 bits per heavy atom. The van der Waals surface area contributed by atoms with E-state index in [0.717, 1.165) is 0 Å². The van der Waals surface area contributed by atoms with Crippen molar-refractivity contribution in [2.45, 2.75) is 6.42 Å². The molecule has 1 N–H and O–H groups in total. The highest BCUT2D eigenvalue weighted by atomic mass is 16.4. The van der Waals surface area contributed by atoms with Gasteiger partial charge < -0.3 is 5.11 Å². The molecule has 5 heteroatoms. The number of nitrogens with zero attached hydrogens (tertiary/aromatic N) is 2. The number of aromatic carboxylic acids is 1. The zero-order valence-electron chi connectivity index (χ0n) is 8.38. The molecule has 0 spiro atoms. The smallest absolute Gasteiger partial charge is 0.335 e. The molecule has 80 valence electrons. The molecule has 0 aliphatic rings. The minimum Gasteiger partial charge on any atom is -0.478 e. The molecule has 0 unspecified atom stereocenters. The maximum Gasteiger partial charge on any atom is 0.335 e. The first-order valence-electron chi connectivity index (χ1n) is 4.50. The van der Waals surface area contributed by atoms with Crippen LogP contribution in [-0.2, 0) is 6.42 Å². The Balaban J connectivity index is 2.76. The van der Waals surface area contributed by atoms with E-state index in [1.807, 2.05) is 0 Å². The van der Waals surface area contributed by atoms with Crippen molar-refractivity contribution in [1.82, 2.24) is 5.01 Å². The van der Waals surface area contributed by atoms with Crippen molar-refractivity contribution in [1.29, 1.82) is 0 Å². The van der Waals surface area contributed by atoms with E-state index in [0.29, 0.717) is 18.5 Å². The Hall–Kier alpha value is -1.91. The van der Waals surface area contributed by atoms with Crippen molar-refractivity contribution in [2.75, 3.05) is 13.6 Å². The Bertz CT molecular complexity index is 365. The van der Waals surface area contributed by atoms with Crippen LogP contribution in [0.2, 0.25) is 0 Å². The van der Waals surface area contributed by atoms with Crippen molar-refractivity contribution >= 4 is 5.97 Å². The highest BCUT2D eigenvalue weighted by Crippen LogP contribution is 2.09. The van der Waals surface area contributed by atoms with Crippen molar-refractivity contribution in [3.8, 4) is 0 Å². The third-order valence-electron chi connectivity index (χ3n) is 2.09. The normalized spacial score (nSPS) is 9.67. The third kappa shape index (κ3) is 3.05. The molecule has 0 fully saturated rings. The first-order valence-corrected chi connectivity index (χ1v) is 4.50. The predicted octanol–water partition coefficient (Wildman–Crippen LogP) is 1.54. The molecule has 0 atom stereocenters. The molecular formula is C10H12N2O3. The second kappa shape index (κ2) is 5.09. The van der Waals surface area contributed by atoms with Gasteiger partial charge in [0.05, 0.1) is 10.8 Å². The van der Waals surface area contributed by atoms with Gasteiger partial charge in [-0.25, -0.2) is 4.79 Å². The summed E-state index contributed by atoms with van der Waals surface area (Å²) in [6.45, 7) is 0.411. The van der Waals surface area contributed by atoms with Crippen LogP contribution in [0, 0.1) is 4.91 Å².